The summed E-state index contributed by atoms with van der Waals surface area (Å²) in [6.07, 6.45) is 2.18. The van der Waals surface area contributed by atoms with Crippen LogP contribution in [0.3, 0.4) is 0 Å². The summed E-state index contributed by atoms with van der Waals surface area (Å²) in [5, 5.41) is 3.65. The fourth-order valence-electron chi connectivity index (χ4n) is 4.89. The zero-order chi connectivity index (χ0) is 29.3. The van der Waals surface area contributed by atoms with Crippen molar-refractivity contribution < 1.29 is 22.0 Å². The van der Waals surface area contributed by atoms with Crippen LogP contribution in [0.2, 0.25) is 0 Å². The van der Waals surface area contributed by atoms with Gasteiger partial charge in [-0.05, 0) is 29.3 Å². The van der Waals surface area contributed by atoms with Gasteiger partial charge in [0, 0.05) is 17.8 Å². The third-order valence-corrected chi connectivity index (χ3v) is 6.76. The maximum Gasteiger partial charge on any atom is 0.435 e. The first-order valence-corrected chi connectivity index (χ1v) is 12.6. The number of nitrogens with zero attached hydrogens (tertiary/aromatic N) is 6. The Morgan fingerprint density at radius 2 is 1.24 bits per heavy atom. The van der Waals surface area contributed by atoms with Crippen molar-refractivity contribution in [3.63, 3.8) is 0 Å². The van der Waals surface area contributed by atoms with Crippen molar-refractivity contribution in [2.24, 2.45) is 0 Å². The molecule has 0 bridgehead atoms. The van der Waals surface area contributed by atoms with Gasteiger partial charge in [-0.3, -0.25) is 9.97 Å². The number of hydrogen-bond acceptors (Lipinski definition) is 5. The molecule has 6 rings (SSSR count). The van der Waals surface area contributed by atoms with Gasteiger partial charge in [0.15, 0.2) is 11.5 Å². The molecule has 0 amide bonds. The summed E-state index contributed by atoms with van der Waals surface area (Å²) >= 11 is 0. The number of benzene rings is 3. The maximum absolute atomic E-state index is 14.8. The molecule has 0 atom stereocenters. The lowest BCUT2D eigenvalue weighted by atomic mass is 9.69. The molecule has 0 aliphatic carbocycles. The molecule has 0 radical (unpaired) electrons. The van der Waals surface area contributed by atoms with Gasteiger partial charge < -0.3 is 0 Å². The summed E-state index contributed by atoms with van der Waals surface area (Å²) in [4.78, 5) is 18.3. The van der Waals surface area contributed by atoms with Crippen LogP contribution >= 0.6 is 0 Å². The Balaban J connectivity index is 1.64. The van der Waals surface area contributed by atoms with Crippen LogP contribution in [0.5, 0.6) is 0 Å². The zero-order valence-electron chi connectivity index (χ0n) is 21.5. The summed E-state index contributed by atoms with van der Waals surface area (Å²) in [5.74, 6) is -1.51. The van der Waals surface area contributed by atoms with E-state index < -0.39 is 28.9 Å². The fraction of sp³-hybridized carbons (Fsp3) is 0.0645. The molecule has 0 spiro atoms. The molecule has 0 saturated carbocycles. The molecular formula is C31H19F5N6. The average molecular weight is 571 g/mol. The summed E-state index contributed by atoms with van der Waals surface area (Å²) < 4.78 is 69.4. The van der Waals surface area contributed by atoms with Crippen molar-refractivity contribution in [3.05, 3.63) is 156 Å². The lowest BCUT2D eigenvalue weighted by Crippen LogP contribution is -2.34. The Hall–Kier alpha value is -5.32. The molecule has 0 N–H and O–H groups in total. The molecule has 6 nitrogen and oxygen atoms in total. The highest BCUT2D eigenvalue weighted by atomic mass is 19.4. The lowest BCUT2D eigenvalue weighted by molar-refractivity contribution is -0.141. The first kappa shape index (κ1) is 26.9. The predicted octanol–water partition coefficient (Wildman–Crippen LogP) is 6.80. The highest BCUT2D eigenvalue weighted by Crippen LogP contribution is 2.43. The minimum atomic E-state index is -4.64. The highest BCUT2D eigenvalue weighted by molar-refractivity contribution is 5.62. The van der Waals surface area contributed by atoms with Crippen molar-refractivity contribution in [1.82, 2.24) is 29.7 Å². The van der Waals surface area contributed by atoms with Gasteiger partial charge in [0.25, 0.3) is 0 Å². The number of aromatic nitrogens is 6. The van der Waals surface area contributed by atoms with Crippen LogP contribution in [0.1, 0.15) is 28.2 Å². The van der Waals surface area contributed by atoms with Crippen LogP contribution in [0.15, 0.2) is 116 Å². The van der Waals surface area contributed by atoms with Gasteiger partial charge in [-0.25, -0.2) is 23.4 Å². The molecule has 3 aromatic carbocycles. The van der Waals surface area contributed by atoms with E-state index in [1.807, 2.05) is 60.7 Å². The second-order valence-electron chi connectivity index (χ2n) is 9.30. The fourth-order valence-corrected chi connectivity index (χ4v) is 4.89. The monoisotopic (exact) mass is 570 g/mol. The number of alkyl halides is 3. The molecule has 42 heavy (non-hydrogen) atoms. The van der Waals surface area contributed by atoms with E-state index in [1.54, 1.807) is 0 Å². The van der Waals surface area contributed by atoms with E-state index in [0.29, 0.717) is 22.5 Å². The van der Waals surface area contributed by atoms with Crippen LogP contribution in [0.25, 0.3) is 17.1 Å². The second kappa shape index (κ2) is 10.6. The van der Waals surface area contributed by atoms with Gasteiger partial charge in [0.1, 0.15) is 17.0 Å². The molecule has 11 heteroatoms. The number of rotatable bonds is 6. The van der Waals surface area contributed by atoms with E-state index in [9.17, 15) is 22.0 Å². The molecule has 0 unspecified atom stereocenters. The molecule has 3 aromatic heterocycles. The number of hydrogen-bond donors (Lipinski definition) is 0. The first-order valence-electron chi connectivity index (χ1n) is 12.6. The maximum atomic E-state index is 14.8. The van der Waals surface area contributed by atoms with Gasteiger partial charge in [-0.1, -0.05) is 60.7 Å². The zero-order valence-corrected chi connectivity index (χ0v) is 21.5. The van der Waals surface area contributed by atoms with E-state index in [0.717, 1.165) is 29.1 Å². The van der Waals surface area contributed by atoms with Gasteiger partial charge >= 0.3 is 6.18 Å². The molecule has 0 fully saturated rings. The van der Waals surface area contributed by atoms with Gasteiger partial charge in [0.05, 0.1) is 41.9 Å². The van der Waals surface area contributed by atoms with Crippen LogP contribution < -0.4 is 0 Å². The SMILES string of the molecule is Fc1ccc(-c2cncc(C(c3ccccc3)(c3ccccc3)c3cncc(-n4ccc(C(F)(F)F)n4)n3)n2)c(F)c1. The summed E-state index contributed by atoms with van der Waals surface area (Å²) in [6, 6.07) is 22.4. The van der Waals surface area contributed by atoms with Crippen molar-refractivity contribution in [2.45, 2.75) is 11.6 Å². The van der Waals surface area contributed by atoms with E-state index in [1.165, 1.54) is 30.9 Å². The molecule has 0 aliphatic rings. The topological polar surface area (TPSA) is 69.4 Å². The van der Waals surface area contributed by atoms with Crippen molar-refractivity contribution in [1.29, 1.82) is 0 Å². The van der Waals surface area contributed by atoms with E-state index in [-0.39, 0.29) is 17.1 Å². The second-order valence-corrected chi connectivity index (χ2v) is 9.30. The van der Waals surface area contributed by atoms with E-state index in [4.69, 9.17) is 9.97 Å². The minimum Gasteiger partial charge on any atom is -0.260 e. The summed E-state index contributed by atoms with van der Waals surface area (Å²) in [6.45, 7) is 0. The Kier molecular flexibility index (Phi) is 6.77. The quantitative estimate of drug-likeness (QED) is 0.206. The third-order valence-electron chi connectivity index (χ3n) is 6.76. The standard InChI is InChI=1S/C31H19F5N6/c32-22-11-12-23(24(33)15-22)25-16-37-17-27(39-25)30(20-7-3-1-4-8-20,21-9-5-2-6-10-21)28-18-38-19-29(40-28)42-14-13-26(41-42)31(34,35)36/h1-19H. The Morgan fingerprint density at radius 1 is 0.619 bits per heavy atom. The van der Waals surface area contributed by atoms with Crippen LogP contribution in [0, 0.1) is 11.6 Å². The van der Waals surface area contributed by atoms with Crippen molar-refractivity contribution in [3.8, 4) is 17.1 Å². The molecule has 0 aliphatic heterocycles. The molecule has 208 valence electrons. The Morgan fingerprint density at radius 3 is 1.83 bits per heavy atom. The Labute approximate surface area is 236 Å². The average Bonchev–Trinajstić information content (AvgIpc) is 3.51. The van der Waals surface area contributed by atoms with Gasteiger partial charge in [0.2, 0.25) is 0 Å². The lowest BCUT2D eigenvalue weighted by Gasteiger charge is -2.34. The summed E-state index contributed by atoms with van der Waals surface area (Å²) in [5.41, 5.74) is -0.215. The molecule has 0 saturated heterocycles. The first-order chi connectivity index (χ1) is 20.3. The van der Waals surface area contributed by atoms with Gasteiger partial charge in [-0.2, -0.15) is 18.3 Å². The number of halogens is 5. The van der Waals surface area contributed by atoms with Crippen molar-refractivity contribution in [2.75, 3.05) is 0 Å². The van der Waals surface area contributed by atoms with Crippen LogP contribution in [-0.4, -0.2) is 29.7 Å². The molecule has 3 heterocycles. The third kappa shape index (κ3) is 4.78. The largest absolute Gasteiger partial charge is 0.435 e. The Bertz CT molecular complexity index is 1820. The van der Waals surface area contributed by atoms with E-state index in [2.05, 4.69) is 15.1 Å². The van der Waals surface area contributed by atoms with E-state index >= 15 is 0 Å². The summed E-state index contributed by atoms with van der Waals surface area (Å²) in [7, 11) is 0. The van der Waals surface area contributed by atoms with Crippen molar-refractivity contribution >= 4 is 0 Å². The van der Waals surface area contributed by atoms with Gasteiger partial charge in [-0.15, -0.1) is 0 Å². The van der Waals surface area contributed by atoms with Crippen LogP contribution in [0.4, 0.5) is 22.0 Å². The smallest absolute Gasteiger partial charge is 0.260 e. The predicted molar refractivity (Wildman–Crippen MR) is 143 cm³/mol. The molecular weight excluding hydrogens is 551 g/mol. The normalized spacial score (nSPS) is 11.9. The highest BCUT2D eigenvalue weighted by Gasteiger charge is 2.42. The minimum absolute atomic E-state index is 0.0351. The van der Waals surface area contributed by atoms with Crippen LogP contribution in [-0.2, 0) is 11.6 Å². The molecule has 6 aromatic rings.